The Morgan fingerprint density at radius 2 is 2.13 bits per heavy atom. The second-order valence-electron chi connectivity index (χ2n) is 2.96. The summed E-state index contributed by atoms with van der Waals surface area (Å²) in [6, 6.07) is 9.69. The molecule has 0 heterocycles. The maximum atomic E-state index is 10.8. The second-order valence-corrected chi connectivity index (χ2v) is 4.13. The van der Waals surface area contributed by atoms with Gasteiger partial charge in [-0.1, -0.05) is 0 Å². The first-order chi connectivity index (χ1) is 7.22. The largest absolute Gasteiger partial charge is 0.326 e. The van der Waals surface area contributed by atoms with Gasteiger partial charge in [-0.3, -0.25) is 4.79 Å². The summed E-state index contributed by atoms with van der Waals surface area (Å²) >= 11 is 1.64. The lowest BCUT2D eigenvalue weighted by Gasteiger charge is -2.03. The van der Waals surface area contributed by atoms with Gasteiger partial charge in [-0.05, 0) is 24.3 Å². The zero-order valence-electron chi connectivity index (χ0n) is 8.49. The maximum Gasteiger partial charge on any atom is 0.221 e. The summed E-state index contributed by atoms with van der Waals surface area (Å²) < 4.78 is 0. The molecule has 0 saturated heterocycles. The quantitative estimate of drug-likeness (QED) is 0.627. The molecule has 0 aromatic heterocycles. The van der Waals surface area contributed by atoms with Gasteiger partial charge in [0.05, 0.1) is 6.07 Å². The number of nitriles is 1. The normalized spacial score (nSPS) is 9.33. The van der Waals surface area contributed by atoms with Crippen molar-refractivity contribution in [1.82, 2.24) is 0 Å². The van der Waals surface area contributed by atoms with Crippen molar-refractivity contribution in [2.75, 3.05) is 11.1 Å². The van der Waals surface area contributed by atoms with Gasteiger partial charge in [0, 0.05) is 29.7 Å². The van der Waals surface area contributed by atoms with Crippen LogP contribution in [0.25, 0.3) is 0 Å². The minimum atomic E-state index is -0.0696. The van der Waals surface area contributed by atoms with E-state index >= 15 is 0 Å². The van der Waals surface area contributed by atoms with E-state index in [-0.39, 0.29) is 5.91 Å². The fourth-order valence-electron chi connectivity index (χ4n) is 1.05. The molecule has 1 aromatic carbocycles. The van der Waals surface area contributed by atoms with E-state index in [4.69, 9.17) is 5.26 Å². The molecule has 0 fully saturated rings. The number of benzene rings is 1. The number of nitrogens with zero attached hydrogens (tertiary/aromatic N) is 1. The molecule has 1 rings (SSSR count). The van der Waals surface area contributed by atoms with Crippen LogP contribution in [0.1, 0.15) is 13.3 Å². The van der Waals surface area contributed by atoms with E-state index in [1.165, 1.54) is 6.92 Å². The topological polar surface area (TPSA) is 52.9 Å². The van der Waals surface area contributed by atoms with Crippen LogP contribution in [0.4, 0.5) is 5.69 Å². The van der Waals surface area contributed by atoms with Gasteiger partial charge >= 0.3 is 0 Å². The number of amides is 1. The van der Waals surface area contributed by atoms with E-state index in [0.29, 0.717) is 6.42 Å². The summed E-state index contributed by atoms with van der Waals surface area (Å²) in [5.41, 5.74) is 0.798. The Morgan fingerprint density at radius 1 is 1.47 bits per heavy atom. The standard InChI is InChI=1S/C11H12N2OS/c1-9(14)13-10-3-5-11(6-4-10)15-8-2-7-12/h3-6H,2,8H2,1H3,(H,13,14). The van der Waals surface area contributed by atoms with E-state index in [0.717, 1.165) is 16.3 Å². The minimum Gasteiger partial charge on any atom is -0.326 e. The molecule has 0 spiro atoms. The molecule has 0 unspecified atom stereocenters. The lowest BCUT2D eigenvalue weighted by atomic mass is 10.3. The van der Waals surface area contributed by atoms with Crippen molar-refractivity contribution in [1.29, 1.82) is 5.26 Å². The van der Waals surface area contributed by atoms with Crippen molar-refractivity contribution in [3.05, 3.63) is 24.3 Å². The van der Waals surface area contributed by atoms with Crippen LogP contribution >= 0.6 is 11.8 Å². The van der Waals surface area contributed by atoms with Crippen LogP contribution in [0.15, 0.2) is 29.2 Å². The Labute approximate surface area is 93.5 Å². The monoisotopic (exact) mass is 220 g/mol. The van der Waals surface area contributed by atoms with Crippen LogP contribution in [0.2, 0.25) is 0 Å². The van der Waals surface area contributed by atoms with Crippen LogP contribution in [-0.2, 0) is 4.79 Å². The zero-order chi connectivity index (χ0) is 11.1. The van der Waals surface area contributed by atoms with Gasteiger partial charge in [-0.15, -0.1) is 11.8 Å². The summed E-state index contributed by atoms with van der Waals surface area (Å²) in [7, 11) is 0. The fourth-order valence-corrected chi connectivity index (χ4v) is 1.81. The van der Waals surface area contributed by atoms with Crippen molar-refractivity contribution in [3.8, 4) is 6.07 Å². The van der Waals surface area contributed by atoms with Gasteiger partial charge in [-0.2, -0.15) is 5.26 Å². The molecule has 0 aliphatic carbocycles. The average molecular weight is 220 g/mol. The van der Waals surface area contributed by atoms with Crippen LogP contribution in [0.5, 0.6) is 0 Å². The summed E-state index contributed by atoms with van der Waals surface area (Å²) in [6.45, 7) is 1.48. The molecule has 1 amide bonds. The molecule has 78 valence electrons. The number of carbonyl (C=O) groups is 1. The SMILES string of the molecule is CC(=O)Nc1ccc(SCCC#N)cc1. The van der Waals surface area contributed by atoms with Crippen molar-refractivity contribution >= 4 is 23.4 Å². The first-order valence-electron chi connectivity index (χ1n) is 4.60. The molecular weight excluding hydrogens is 208 g/mol. The first kappa shape index (κ1) is 11.6. The first-order valence-corrected chi connectivity index (χ1v) is 5.58. The van der Waals surface area contributed by atoms with Gasteiger partial charge in [0.1, 0.15) is 0 Å². The Balaban J connectivity index is 2.49. The van der Waals surface area contributed by atoms with Gasteiger partial charge in [-0.25, -0.2) is 0 Å². The molecule has 0 saturated carbocycles. The smallest absolute Gasteiger partial charge is 0.221 e. The molecule has 3 nitrogen and oxygen atoms in total. The van der Waals surface area contributed by atoms with Crippen molar-refractivity contribution in [3.63, 3.8) is 0 Å². The Hall–Kier alpha value is -1.47. The van der Waals surface area contributed by atoms with Crippen molar-refractivity contribution in [2.45, 2.75) is 18.2 Å². The molecule has 15 heavy (non-hydrogen) atoms. The third-order valence-electron chi connectivity index (χ3n) is 1.66. The lowest BCUT2D eigenvalue weighted by Crippen LogP contribution is -2.05. The average Bonchev–Trinajstić information content (AvgIpc) is 2.20. The molecule has 4 heteroatoms. The molecule has 0 bridgehead atoms. The van der Waals surface area contributed by atoms with E-state index in [9.17, 15) is 4.79 Å². The number of hydrogen-bond donors (Lipinski definition) is 1. The predicted octanol–water partition coefficient (Wildman–Crippen LogP) is 2.65. The van der Waals surface area contributed by atoms with Crippen LogP contribution in [0, 0.1) is 11.3 Å². The summed E-state index contributed by atoms with van der Waals surface area (Å²) in [4.78, 5) is 11.9. The zero-order valence-corrected chi connectivity index (χ0v) is 9.30. The molecule has 0 atom stereocenters. The molecule has 0 aliphatic rings. The Morgan fingerprint density at radius 3 is 2.67 bits per heavy atom. The molecule has 0 radical (unpaired) electrons. The van der Waals surface area contributed by atoms with Crippen LogP contribution in [0.3, 0.4) is 0 Å². The van der Waals surface area contributed by atoms with Crippen LogP contribution in [-0.4, -0.2) is 11.7 Å². The Kier molecular flexibility index (Phi) is 4.72. The number of hydrogen-bond acceptors (Lipinski definition) is 3. The highest BCUT2D eigenvalue weighted by molar-refractivity contribution is 7.99. The number of rotatable bonds is 4. The highest BCUT2D eigenvalue weighted by Crippen LogP contribution is 2.20. The van der Waals surface area contributed by atoms with Crippen molar-refractivity contribution in [2.24, 2.45) is 0 Å². The lowest BCUT2D eigenvalue weighted by molar-refractivity contribution is -0.114. The number of anilines is 1. The number of carbonyl (C=O) groups excluding carboxylic acids is 1. The minimum absolute atomic E-state index is 0.0696. The van der Waals surface area contributed by atoms with E-state index in [2.05, 4.69) is 11.4 Å². The molecule has 0 aliphatic heterocycles. The highest BCUT2D eigenvalue weighted by atomic mass is 32.2. The molecule has 1 N–H and O–H groups in total. The third-order valence-corrected chi connectivity index (χ3v) is 2.67. The predicted molar refractivity (Wildman–Crippen MR) is 61.7 cm³/mol. The summed E-state index contributed by atoms with van der Waals surface area (Å²) in [6.07, 6.45) is 0.554. The number of thioether (sulfide) groups is 1. The summed E-state index contributed by atoms with van der Waals surface area (Å²) in [5.74, 6) is 0.732. The maximum absolute atomic E-state index is 10.8. The third kappa shape index (κ3) is 4.52. The van der Waals surface area contributed by atoms with Crippen LogP contribution < -0.4 is 5.32 Å². The molecular formula is C11H12N2OS. The van der Waals surface area contributed by atoms with Gasteiger partial charge in [0.15, 0.2) is 0 Å². The van der Waals surface area contributed by atoms with E-state index in [1.54, 1.807) is 11.8 Å². The summed E-state index contributed by atoms with van der Waals surface area (Å²) in [5, 5.41) is 11.1. The van der Waals surface area contributed by atoms with Gasteiger partial charge in [0.25, 0.3) is 0 Å². The Bertz CT molecular complexity index is 367. The van der Waals surface area contributed by atoms with Gasteiger partial charge in [0.2, 0.25) is 5.91 Å². The molecule has 1 aromatic rings. The van der Waals surface area contributed by atoms with E-state index < -0.39 is 0 Å². The highest BCUT2D eigenvalue weighted by Gasteiger charge is 1.96. The number of nitrogens with one attached hydrogen (secondary N) is 1. The van der Waals surface area contributed by atoms with Crippen molar-refractivity contribution < 1.29 is 4.79 Å². The van der Waals surface area contributed by atoms with Gasteiger partial charge < -0.3 is 5.32 Å². The fraction of sp³-hybridized carbons (Fsp3) is 0.273. The second kappa shape index (κ2) is 6.10. The van der Waals surface area contributed by atoms with E-state index in [1.807, 2.05) is 24.3 Å².